The Hall–Kier alpha value is -1.06. The van der Waals surface area contributed by atoms with Crippen LogP contribution in [0, 0.1) is 0 Å². The van der Waals surface area contributed by atoms with Crippen molar-refractivity contribution in [2.75, 3.05) is 25.0 Å². The fraction of sp³-hybridized carbons (Fsp3) is 0.462. The number of aromatic nitrogens is 1. The number of nitrogens with zero attached hydrogens (tertiary/aromatic N) is 2. The summed E-state index contributed by atoms with van der Waals surface area (Å²) in [7, 11) is 1.90. The fourth-order valence-corrected chi connectivity index (χ4v) is 2.22. The Morgan fingerprint density at radius 2 is 2.29 bits per heavy atom. The van der Waals surface area contributed by atoms with Gasteiger partial charge in [0.15, 0.2) is 0 Å². The van der Waals surface area contributed by atoms with Gasteiger partial charge in [0, 0.05) is 19.6 Å². The second kappa shape index (κ2) is 5.52. The number of halogens is 1. The zero-order valence-corrected chi connectivity index (χ0v) is 11.1. The van der Waals surface area contributed by atoms with Gasteiger partial charge in [0.05, 0.1) is 10.7 Å². The lowest BCUT2D eigenvalue weighted by Crippen LogP contribution is -2.30. The third-order valence-electron chi connectivity index (χ3n) is 2.90. The van der Waals surface area contributed by atoms with E-state index in [4.69, 9.17) is 11.6 Å². The van der Waals surface area contributed by atoms with Crippen LogP contribution in [-0.2, 0) is 6.54 Å². The standard InChI is InChI=1S/C13H18ClN3/c1-10-4-3-7-17(9-10)13-6-5-11(14)12(16-13)8-15-2/h4-6,15H,3,7-9H2,1-2H3. The minimum atomic E-state index is 0.704. The zero-order chi connectivity index (χ0) is 12.3. The van der Waals surface area contributed by atoms with Gasteiger partial charge >= 0.3 is 0 Å². The first kappa shape index (κ1) is 12.4. The molecule has 1 N–H and O–H groups in total. The zero-order valence-electron chi connectivity index (χ0n) is 10.3. The van der Waals surface area contributed by atoms with Crippen molar-refractivity contribution in [3.8, 4) is 0 Å². The van der Waals surface area contributed by atoms with Gasteiger partial charge < -0.3 is 10.2 Å². The molecule has 0 saturated heterocycles. The average molecular weight is 252 g/mol. The van der Waals surface area contributed by atoms with Crippen molar-refractivity contribution in [1.82, 2.24) is 10.3 Å². The van der Waals surface area contributed by atoms with E-state index in [1.54, 1.807) is 0 Å². The lowest BCUT2D eigenvalue weighted by molar-refractivity contribution is 0.755. The van der Waals surface area contributed by atoms with E-state index in [1.165, 1.54) is 5.57 Å². The van der Waals surface area contributed by atoms with Gasteiger partial charge in [-0.25, -0.2) is 4.98 Å². The van der Waals surface area contributed by atoms with Gasteiger partial charge in [0.2, 0.25) is 0 Å². The topological polar surface area (TPSA) is 28.2 Å². The van der Waals surface area contributed by atoms with Crippen molar-refractivity contribution < 1.29 is 0 Å². The van der Waals surface area contributed by atoms with Crippen LogP contribution in [0.1, 0.15) is 19.0 Å². The number of hydrogen-bond donors (Lipinski definition) is 1. The predicted molar refractivity (Wildman–Crippen MR) is 72.6 cm³/mol. The number of anilines is 1. The smallest absolute Gasteiger partial charge is 0.129 e. The van der Waals surface area contributed by atoms with E-state index in [0.717, 1.165) is 36.0 Å². The highest BCUT2D eigenvalue weighted by molar-refractivity contribution is 6.31. The van der Waals surface area contributed by atoms with E-state index < -0.39 is 0 Å². The van der Waals surface area contributed by atoms with Crippen LogP contribution in [0.3, 0.4) is 0 Å². The minimum Gasteiger partial charge on any atom is -0.352 e. The molecular weight excluding hydrogens is 234 g/mol. The SMILES string of the molecule is CNCc1nc(N2CCC=C(C)C2)ccc1Cl. The summed E-state index contributed by atoms with van der Waals surface area (Å²) in [5.41, 5.74) is 2.32. The molecule has 3 nitrogen and oxygen atoms in total. The molecule has 0 atom stereocenters. The highest BCUT2D eigenvalue weighted by atomic mass is 35.5. The Kier molecular flexibility index (Phi) is 4.02. The van der Waals surface area contributed by atoms with Crippen LogP contribution >= 0.6 is 11.6 Å². The summed E-state index contributed by atoms with van der Waals surface area (Å²) in [6, 6.07) is 3.93. The van der Waals surface area contributed by atoms with Gasteiger partial charge in [-0.3, -0.25) is 0 Å². The number of nitrogens with one attached hydrogen (secondary N) is 1. The number of pyridine rings is 1. The Morgan fingerprint density at radius 3 is 3.00 bits per heavy atom. The van der Waals surface area contributed by atoms with E-state index >= 15 is 0 Å². The molecule has 0 aromatic carbocycles. The molecule has 0 saturated carbocycles. The molecule has 0 aliphatic carbocycles. The van der Waals surface area contributed by atoms with Gasteiger partial charge in [-0.2, -0.15) is 0 Å². The van der Waals surface area contributed by atoms with Crippen molar-refractivity contribution in [3.05, 3.63) is 34.5 Å². The van der Waals surface area contributed by atoms with E-state index in [2.05, 4.69) is 28.2 Å². The number of hydrogen-bond acceptors (Lipinski definition) is 3. The van der Waals surface area contributed by atoms with Crippen LogP contribution in [0.4, 0.5) is 5.82 Å². The van der Waals surface area contributed by atoms with Gasteiger partial charge in [-0.05, 0) is 32.5 Å². The molecule has 1 aliphatic heterocycles. The van der Waals surface area contributed by atoms with Gasteiger partial charge in [0.25, 0.3) is 0 Å². The summed E-state index contributed by atoms with van der Waals surface area (Å²) in [6.45, 7) is 4.87. The molecule has 17 heavy (non-hydrogen) atoms. The normalized spacial score (nSPS) is 15.9. The maximum absolute atomic E-state index is 6.11. The van der Waals surface area contributed by atoms with Crippen molar-refractivity contribution in [1.29, 1.82) is 0 Å². The predicted octanol–water partition coefficient (Wildman–Crippen LogP) is 2.61. The minimum absolute atomic E-state index is 0.704. The molecule has 0 fully saturated rings. The monoisotopic (exact) mass is 251 g/mol. The molecule has 2 heterocycles. The van der Waals surface area contributed by atoms with Crippen molar-refractivity contribution in [3.63, 3.8) is 0 Å². The Labute approximate surface area is 107 Å². The summed E-state index contributed by atoms with van der Waals surface area (Å²) in [4.78, 5) is 6.92. The van der Waals surface area contributed by atoms with Crippen LogP contribution in [0.15, 0.2) is 23.8 Å². The third kappa shape index (κ3) is 2.99. The fourth-order valence-electron chi connectivity index (χ4n) is 2.05. The molecule has 0 bridgehead atoms. The Balaban J connectivity index is 2.21. The van der Waals surface area contributed by atoms with Gasteiger partial charge in [-0.1, -0.05) is 23.3 Å². The quantitative estimate of drug-likeness (QED) is 0.837. The van der Waals surface area contributed by atoms with Crippen molar-refractivity contribution in [2.24, 2.45) is 0 Å². The van der Waals surface area contributed by atoms with Crippen LogP contribution in [0.25, 0.3) is 0 Å². The second-order valence-corrected chi connectivity index (χ2v) is 4.80. The highest BCUT2D eigenvalue weighted by Gasteiger charge is 2.13. The summed E-state index contributed by atoms with van der Waals surface area (Å²) >= 11 is 6.11. The maximum Gasteiger partial charge on any atom is 0.129 e. The van der Waals surface area contributed by atoms with Gasteiger partial charge in [-0.15, -0.1) is 0 Å². The number of rotatable bonds is 3. The molecule has 92 valence electrons. The molecule has 0 radical (unpaired) electrons. The van der Waals surface area contributed by atoms with Gasteiger partial charge in [0.1, 0.15) is 5.82 Å². The summed E-state index contributed by atoms with van der Waals surface area (Å²) in [6.07, 6.45) is 3.39. The first-order valence-corrected chi connectivity index (χ1v) is 6.29. The van der Waals surface area contributed by atoms with E-state index in [-0.39, 0.29) is 0 Å². The summed E-state index contributed by atoms with van der Waals surface area (Å²) in [5.74, 6) is 1.02. The summed E-state index contributed by atoms with van der Waals surface area (Å²) in [5, 5.41) is 3.82. The lowest BCUT2D eigenvalue weighted by atomic mass is 10.1. The van der Waals surface area contributed by atoms with E-state index in [1.807, 2.05) is 19.2 Å². The molecule has 0 spiro atoms. The van der Waals surface area contributed by atoms with Crippen LogP contribution in [-0.4, -0.2) is 25.1 Å². The lowest BCUT2D eigenvalue weighted by Gasteiger charge is -2.27. The first-order chi connectivity index (χ1) is 8.20. The first-order valence-electron chi connectivity index (χ1n) is 5.91. The largest absolute Gasteiger partial charge is 0.352 e. The molecular formula is C13H18ClN3. The molecule has 0 unspecified atom stereocenters. The molecule has 1 aromatic rings. The molecule has 1 aliphatic rings. The van der Waals surface area contributed by atoms with E-state index in [0.29, 0.717) is 6.54 Å². The Morgan fingerprint density at radius 1 is 1.47 bits per heavy atom. The summed E-state index contributed by atoms with van der Waals surface area (Å²) < 4.78 is 0. The Bertz CT molecular complexity index is 429. The third-order valence-corrected chi connectivity index (χ3v) is 3.25. The average Bonchev–Trinajstić information content (AvgIpc) is 2.32. The van der Waals surface area contributed by atoms with E-state index in [9.17, 15) is 0 Å². The molecule has 4 heteroatoms. The van der Waals surface area contributed by atoms with Crippen molar-refractivity contribution in [2.45, 2.75) is 19.9 Å². The highest BCUT2D eigenvalue weighted by Crippen LogP contribution is 2.22. The van der Waals surface area contributed by atoms with Crippen LogP contribution in [0.2, 0.25) is 5.02 Å². The second-order valence-electron chi connectivity index (χ2n) is 4.39. The maximum atomic E-state index is 6.11. The van der Waals surface area contributed by atoms with Crippen LogP contribution < -0.4 is 10.2 Å². The molecule has 0 amide bonds. The van der Waals surface area contributed by atoms with Crippen molar-refractivity contribution >= 4 is 17.4 Å². The molecule has 2 rings (SSSR count). The molecule has 1 aromatic heterocycles. The van der Waals surface area contributed by atoms with Crippen LogP contribution in [0.5, 0.6) is 0 Å².